The number of nitro benzene ring substituents is 1. The summed E-state index contributed by atoms with van der Waals surface area (Å²) in [6.45, 7) is 6.67. The van der Waals surface area contributed by atoms with Crippen LogP contribution in [0.1, 0.15) is 57.9 Å². The molecule has 3 aliphatic rings. The summed E-state index contributed by atoms with van der Waals surface area (Å²) in [5.41, 5.74) is -1.36. The number of piperidine rings is 1. The molecule has 0 amide bonds. The summed E-state index contributed by atoms with van der Waals surface area (Å²) >= 11 is 0. The topological polar surface area (TPSA) is 105 Å². The van der Waals surface area contributed by atoms with E-state index in [2.05, 4.69) is 9.88 Å². The Hall–Kier alpha value is -3.96. The largest absolute Gasteiger partial charge is 0.461 e. The molecular weight excluding hydrogens is 580 g/mol. The van der Waals surface area contributed by atoms with Gasteiger partial charge in [-0.05, 0) is 92.9 Å². The van der Waals surface area contributed by atoms with Gasteiger partial charge in [0.05, 0.1) is 27.0 Å². The molecule has 7 rings (SSSR count). The van der Waals surface area contributed by atoms with Crippen molar-refractivity contribution in [2.75, 3.05) is 37.7 Å². The van der Waals surface area contributed by atoms with E-state index in [9.17, 15) is 15.2 Å². The fourth-order valence-electron chi connectivity index (χ4n) is 7.93. The van der Waals surface area contributed by atoms with E-state index in [-0.39, 0.29) is 45.9 Å². The molecule has 4 heterocycles. The van der Waals surface area contributed by atoms with Gasteiger partial charge in [-0.2, -0.15) is 9.97 Å². The second-order valence-electron chi connectivity index (χ2n) is 13.1. The van der Waals surface area contributed by atoms with Crippen molar-refractivity contribution in [1.29, 1.82) is 0 Å². The van der Waals surface area contributed by atoms with Crippen LogP contribution in [0.25, 0.3) is 32.8 Å². The molecule has 0 spiro atoms. The Balaban J connectivity index is 1.45. The Labute approximate surface area is 260 Å². The van der Waals surface area contributed by atoms with Crippen molar-refractivity contribution in [2.45, 2.75) is 69.9 Å². The van der Waals surface area contributed by atoms with Gasteiger partial charge in [-0.15, -0.1) is 0 Å². The highest BCUT2D eigenvalue weighted by Gasteiger charge is 2.45. The number of anilines is 1. The predicted molar refractivity (Wildman–Crippen MR) is 169 cm³/mol. The van der Waals surface area contributed by atoms with Crippen LogP contribution in [0.5, 0.6) is 6.01 Å². The van der Waals surface area contributed by atoms with E-state index in [1.807, 2.05) is 4.90 Å². The van der Waals surface area contributed by atoms with Crippen LogP contribution in [0.2, 0.25) is 0 Å². The summed E-state index contributed by atoms with van der Waals surface area (Å²) in [5, 5.41) is 24.8. The lowest BCUT2D eigenvalue weighted by Crippen LogP contribution is -2.46. The first-order valence-corrected chi connectivity index (χ1v) is 15.9. The summed E-state index contributed by atoms with van der Waals surface area (Å²) in [5.74, 6) is -1.06. The van der Waals surface area contributed by atoms with E-state index in [0.29, 0.717) is 48.8 Å². The molecule has 3 aromatic carbocycles. The average Bonchev–Trinajstić information content (AvgIpc) is 3.60. The maximum absolute atomic E-state index is 17.1. The Morgan fingerprint density at radius 1 is 1.07 bits per heavy atom. The van der Waals surface area contributed by atoms with Crippen LogP contribution in [-0.2, 0) is 6.42 Å². The van der Waals surface area contributed by atoms with Crippen LogP contribution in [0.15, 0.2) is 36.4 Å². The first-order chi connectivity index (χ1) is 21.6. The lowest BCUT2D eigenvalue weighted by atomic mass is 9.91. The Morgan fingerprint density at radius 2 is 1.82 bits per heavy atom. The molecule has 11 heteroatoms. The third kappa shape index (κ3) is 5.06. The lowest BCUT2D eigenvalue weighted by Gasteiger charge is -2.38. The number of nitro groups is 1. The first kappa shape index (κ1) is 29.7. The number of nitrogens with zero attached hydrogens (tertiary/aromatic N) is 5. The fourth-order valence-corrected chi connectivity index (χ4v) is 7.93. The van der Waals surface area contributed by atoms with Crippen LogP contribution >= 0.6 is 0 Å². The molecule has 1 aromatic heterocycles. The molecule has 3 fully saturated rings. The van der Waals surface area contributed by atoms with E-state index >= 15 is 8.78 Å². The number of aryl methyl sites for hydroxylation is 1. The van der Waals surface area contributed by atoms with Crippen molar-refractivity contribution >= 4 is 33.2 Å². The molecule has 0 aliphatic carbocycles. The number of aliphatic hydroxyl groups is 1. The molecule has 0 radical (unpaired) electrons. The number of benzene rings is 3. The molecular formula is C34H37F2N5O4. The van der Waals surface area contributed by atoms with Gasteiger partial charge >= 0.3 is 6.01 Å². The SMILES string of the molecule is CCc1c(F)ccc2cccc(-c3c([N+](=O)[O-])cc4c(N5CCCC(C)(O)C5)nc(OCC56CCCN5CCC6)nc4c3F)c12. The van der Waals surface area contributed by atoms with E-state index in [1.54, 1.807) is 38.1 Å². The van der Waals surface area contributed by atoms with Crippen LogP contribution in [0.4, 0.5) is 20.3 Å². The van der Waals surface area contributed by atoms with Crippen molar-refractivity contribution in [2.24, 2.45) is 0 Å². The van der Waals surface area contributed by atoms with Gasteiger partial charge in [0.1, 0.15) is 23.8 Å². The fraction of sp³-hybridized carbons (Fsp3) is 0.471. The van der Waals surface area contributed by atoms with Crippen molar-refractivity contribution in [3.63, 3.8) is 0 Å². The van der Waals surface area contributed by atoms with Crippen molar-refractivity contribution in [1.82, 2.24) is 14.9 Å². The number of β-amino-alcohol motifs (C(OH)–C–C–N with tert-alkyl or cyclic N) is 1. The van der Waals surface area contributed by atoms with Crippen molar-refractivity contribution in [3.8, 4) is 17.1 Å². The zero-order chi connectivity index (χ0) is 31.5. The van der Waals surface area contributed by atoms with Crippen LogP contribution < -0.4 is 9.64 Å². The highest BCUT2D eigenvalue weighted by molar-refractivity contribution is 6.05. The van der Waals surface area contributed by atoms with Gasteiger partial charge in [-0.3, -0.25) is 15.0 Å². The summed E-state index contributed by atoms with van der Waals surface area (Å²) in [6.07, 6.45) is 5.75. The first-order valence-electron chi connectivity index (χ1n) is 15.9. The summed E-state index contributed by atoms with van der Waals surface area (Å²) in [7, 11) is 0. The summed E-state index contributed by atoms with van der Waals surface area (Å²) < 4.78 is 38.4. The van der Waals surface area contributed by atoms with Crippen LogP contribution in [0.3, 0.4) is 0 Å². The van der Waals surface area contributed by atoms with Crippen molar-refractivity contribution in [3.05, 3.63) is 63.7 Å². The van der Waals surface area contributed by atoms with Gasteiger partial charge in [0.2, 0.25) is 0 Å². The summed E-state index contributed by atoms with van der Waals surface area (Å²) in [6, 6.07) is 9.33. The quantitative estimate of drug-likeness (QED) is 0.184. The minimum Gasteiger partial charge on any atom is -0.461 e. The zero-order valence-electron chi connectivity index (χ0n) is 25.6. The number of halogens is 2. The number of aromatic nitrogens is 2. The van der Waals surface area contributed by atoms with E-state index in [1.165, 1.54) is 12.1 Å². The normalized spacial score (nSPS) is 21.5. The maximum Gasteiger partial charge on any atom is 0.319 e. The predicted octanol–water partition coefficient (Wildman–Crippen LogP) is 6.56. The standard InChI is InChI=1S/C34H37F2N5O4/c1-3-22-25(35)11-10-21-8-4-9-23(27(21)22)28-26(41(43)44)18-24-30(29(28)36)37-32(38-31(24)39-15-5-12-33(2,42)19-39)45-20-34-13-6-16-40(34)17-7-14-34/h4,8-11,18,42H,3,5-7,12-17,19-20H2,1-2H3. The molecule has 0 saturated carbocycles. The lowest BCUT2D eigenvalue weighted by molar-refractivity contribution is -0.384. The van der Waals surface area contributed by atoms with E-state index in [0.717, 1.165) is 38.8 Å². The average molecular weight is 618 g/mol. The minimum absolute atomic E-state index is 0.00671. The molecule has 1 unspecified atom stereocenters. The molecule has 3 aliphatic heterocycles. The Morgan fingerprint density at radius 3 is 2.53 bits per heavy atom. The van der Waals surface area contributed by atoms with E-state index < -0.39 is 27.8 Å². The van der Waals surface area contributed by atoms with Crippen LogP contribution in [-0.4, -0.2) is 68.8 Å². The Bertz CT molecular complexity index is 1820. The zero-order valence-corrected chi connectivity index (χ0v) is 25.6. The van der Waals surface area contributed by atoms with Gasteiger partial charge in [-0.1, -0.05) is 31.2 Å². The van der Waals surface area contributed by atoms with Gasteiger partial charge in [0.15, 0.2) is 5.82 Å². The monoisotopic (exact) mass is 617 g/mol. The number of fused-ring (bicyclic) bond motifs is 3. The second-order valence-corrected chi connectivity index (χ2v) is 13.1. The van der Waals surface area contributed by atoms with Crippen molar-refractivity contribution < 1.29 is 23.5 Å². The third-order valence-electron chi connectivity index (χ3n) is 10.0. The van der Waals surface area contributed by atoms with Gasteiger partial charge < -0.3 is 14.7 Å². The molecule has 1 atom stereocenters. The smallest absolute Gasteiger partial charge is 0.319 e. The maximum atomic E-state index is 17.1. The van der Waals surface area contributed by atoms with E-state index in [4.69, 9.17) is 9.72 Å². The number of ether oxygens (including phenoxy) is 1. The number of rotatable bonds is 7. The van der Waals surface area contributed by atoms with Gasteiger partial charge in [0, 0.05) is 19.2 Å². The molecule has 4 aromatic rings. The molecule has 3 saturated heterocycles. The molecule has 1 N–H and O–H groups in total. The van der Waals surface area contributed by atoms with Crippen LogP contribution in [0, 0.1) is 21.7 Å². The molecule has 0 bridgehead atoms. The number of hydrogen-bond donors (Lipinski definition) is 1. The molecule has 9 nitrogen and oxygen atoms in total. The highest BCUT2D eigenvalue weighted by atomic mass is 19.1. The second kappa shape index (κ2) is 11.1. The summed E-state index contributed by atoms with van der Waals surface area (Å²) in [4.78, 5) is 25.5. The van der Waals surface area contributed by atoms with Gasteiger partial charge in [0.25, 0.3) is 5.69 Å². The number of hydrogen-bond acceptors (Lipinski definition) is 8. The minimum atomic E-state index is -1.02. The van der Waals surface area contributed by atoms with Gasteiger partial charge in [-0.25, -0.2) is 8.78 Å². The third-order valence-corrected chi connectivity index (χ3v) is 10.0. The molecule has 45 heavy (non-hydrogen) atoms. The highest BCUT2D eigenvalue weighted by Crippen LogP contribution is 2.44. The molecule has 236 valence electrons. The Kier molecular flexibility index (Phi) is 7.36.